The van der Waals surface area contributed by atoms with Crippen molar-refractivity contribution < 1.29 is 23.9 Å². The molecule has 0 aliphatic heterocycles. The molecule has 0 N–H and O–H groups in total. The van der Waals surface area contributed by atoms with Crippen LogP contribution in [0.25, 0.3) is 0 Å². The van der Waals surface area contributed by atoms with E-state index in [1.807, 2.05) is 30.3 Å². The summed E-state index contributed by atoms with van der Waals surface area (Å²) in [5.41, 5.74) is 2.21. The summed E-state index contributed by atoms with van der Waals surface area (Å²) < 4.78 is 10.4. The molecule has 25 heavy (non-hydrogen) atoms. The first-order chi connectivity index (χ1) is 12.1. The third kappa shape index (κ3) is 3.60. The number of rotatable bonds is 6. The van der Waals surface area contributed by atoms with Crippen LogP contribution in [0.2, 0.25) is 0 Å². The van der Waals surface area contributed by atoms with Crippen LogP contribution in [0.5, 0.6) is 5.75 Å². The fourth-order valence-corrected chi connectivity index (χ4v) is 2.85. The van der Waals surface area contributed by atoms with E-state index in [0.29, 0.717) is 17.9 Å². The Labute approximate surface area is 145 Å². The van der Waals surface area contributed by atoms with Crippen LogP contribution in [0.15, 0.2) is 48.5 Å². The molecular weight excluding hydrogens is 320 g/mol. The highest BCUT2D eigenvalue weighted by Crippen LogP contribution is 2.31. The van der Waals surface area contributed by atoms with Gasteiger partial charge in [0.05, 0.1) is 12.5 Å². The number of fused-ring (bicyclic) bond motifs is 1. The zero-order valence-electron chi connectivity index (χ0n) is 13.9. The van der Waals surface area contributed by atoms with E-state index in [0.717, 1.165) is 11.1 Å². The first-order valence-electron chi connectivity index (χ1n) is 8.15. The molecule has 5 nitrogen and oxygen atoms in total. The molecule has 0 fully saturated rings. The van der Waals surface area contributed by atoms with E-state index in [2.05, 4.69) is 0 Å². The van der Waals surface area contributed by atoms with E-state index in [9.17, 15) is 14.4 Å². The van der Waals surface area contributed by atoms with Gasteiger partial charge in [0.2, 0.25) is 0 Å². The Hall–Kier alpha value is -2.95. The maximum atomic E-state index is 12.5. The van der Waals surface area contributed by atoms with Gasteiger partial charge in [0, 0.05) is 5.56 Å². The van der Waals surface area contributed by atoms with Crippen molar-refractivity contribution in [2.75, 3.05) is 6.61 Å². The topological polar surface area (TPSA) is 69.7 Å². The predicted molar refractivity (Wildman–Crippen MR) is 90.4 cm³/mol. The van der Waals surface area contributed by atoms with Crippen LogP contribution in [0.4, 0.5) is 0 Å². The van der Waals surface area contributed by atoms with E-state index in [-0.39, 0.29) is 18.8 Å². The number of Topliss-reactive ketones (excluding diaryl/α,β-unsaturated/α-hetero) is 2. The summed E-state index contributed by atoms with van der Waals surface area (Å²) in [6.45, 7) is 2.11. The first-order valence-corrected chi connectivity index (χ1v) is 8.15. The number of ketones is 2. The Bertz CT molecular complexity index is 810. The molecule has 0 saturated heterocycles. The molecule has 1 aliphatic rings. The summed E-state index contributed by atoms with van der Waals surface area (Å²) in [7, 11) is 0. The lowest BCUT2D eigenvalue weighted by Gasteiger charge is -2.07. The number of carbonyl (C=O) groups excluding carboxylic acids is 3. The van der Waals surface area contributed by atoms with E-state index in [1.165, 1.54) is 0 Å². The zero-order chi connectivity index (χ0) is 17.8. The zero-order valence-corrected chi connectivity index (χ0v) is 13.9. The highest BCUT2D eigenvalue weighted by Gasteiger charge is 2.39. The minimum absolute atomic E-state index is 0.107. The average Bonchev–Trinajstić information content (AvgIpc) is 2.97. The second kappa shape index (κ2) is 7.30. The SMILES string of the molecule is CCOC(=O)C(=O)C1Cc2ccc(OCc3ccccc3)cc2C1=O. The lowest BCUT2D eigenvalue weighted by Crippen LogP contribution is -2.29. The van der Waals surface area contributed by atoms with Crippen LogP contribution in [0.3, 0.4) is 0 Å². The Morgan fingerprint density at radius 3 is 2.60 bits per heavy atom. The maximum absolute atomic E-state index is 12.5. The highest BCUT2D eigenvalue weighted by molar-refractivity contribution is 6.40. The summed E-state index contributed by atoms with van der Waals surface area (Å²) >= 11 is 0. The van der Waals surface area contributed by atoms with Crippen LogP contribution in [-0.2, 0) is 27.4 Å². The Balaban J connectivity index is 1.71. The van der Waals surface area contributed by atoms with E-state index >= 15 is 0 Å². The van der Waals surface area contributed by atoms with Crippen molar-refractivity contribution in [3.05, 3.63) is 65.2 Å². The van der Waals surface area contributed by atoms with Gasteiger partial charge >= 0.3 is 5.97 Å². The molecule has 1 unspecified atom stereocenters. The van der Waals surface area contributed by atoms with Gasteiger partial charge in [0.25, 0.3) is 5.78 Å². The fourth-order valence-electron chi connectivity index (χ4n) is 2.85. The van der Waals surface area contributed by atoms with Crippen LogP contribution in [0.1, 0.15) is 28.4 Å². The second-order valence-corrected chi connectivity index (χ2v) is 5.80. The van der Waals surface area contributed by atoms with Gasteiger partial charge in [-0.15, -0.1) is 0 Å². The van der Waals surface area contributed by atoms with Gasteiger partial charge in [-0.25, -0.2) is 4.79 Å². The standard InChI is InChI=1S/C20H18O5/c1-2-24-20(23)19(22)17-10-14-8-9-15(11-16(14)18(17)21)25-12-13-6-4-3-5-7-13/h3-9,11,17H,2,10,12H2,1H3. The van der Waals surface area contributed by atoms with Gasteiger partial charge in [-0.2, -0.15) is 0 Å². The molecule has 0 spiro atoms. The molecule has 0 aromatic heterocycles. The number of hydrogen-bond acceptors (Lipinski definition) is 5. The third-order valence-electron chi connectivity index (χ3n) is 4.13. The van der Waals surface area contributed by atoms with Gasteiger partial charge in [-0.3, -0.25) is 9.59 Å². The van der Waals surface area contributed by atoms with E-state index in [4.69, 9.17) is 9.47 Å². The second-order valence-electron chi connectivity index (χ2n) is 5.80. The lowest BCUT2D eigenvalue weighted by atomic mass is 10.00. The molecule has 0 heterocycles. The summed E-state index contributed by atoms with van der Waals surface area (Å²) in [6, 6.07) is 14.9. The van der Waals surface area contributed by atoms with Crippen molar-refractivity contribution in [2.24, 2.45) is 5.92 Å². The molecule has 128 valence electrons. The largest absolute Gasteiger partial charge is 0.489 e. The van der Waals surface area contributed by atoms with Gasteiger partial charge in [-0.1, -0.05) is 36.4 Å². The smallest absolute Gasteiger partial charge is 0.375 e. The maximum Gasteiger partial charge on any atom is 0.375 e. The van der Waals surface area contributed by atoms with Crippen LogP contribution < -0.4 is 4.74 Å². The number of hydrogen-bond donors (Lipinski definition) is 0. The normalized spacial score (nSPS) is 15.6. The van der Waals surface area contributed by atoms with E-state index in [1.54, 1.807) is 25.1 Å². The third-order valence-corrected chi connectivity index (χ3v) is 4.13. The number of ether oxygens (including phenoxy) is 2. The van der Waals surface area contributed by atoms with Crippen molar-refractivity contribution in [2.45, 2.75) is 20.0 Å². The Morgan fingerprint density at radius 1 is 1.12 bits per heavy atom. The minimum atomic E-state index is -0.988. The molecular formula is C20H18O5. The quantitative estimate of drug-likeness (QED) is 0.460. The molecule has 1 aliphatic carbocycles. The minimum Gasteiger partial charge on any atom is -0.489 e. The van der Waals surface area contributed by atoms with Crippen molar-refractivity contribution in [3.8, 4) is 5.75 Å². The fraction of sp³-hybridized carbons (Fsp3) is 0.250. The van der Waals surface area contributed by atoms with Gasteiger partial charge in [0.1, 0.15) is 12.4 Å². The summed E-state index contributed by atoms with van der Waals surface area (Å²) in [4.78, 5) is 36.2. The van der Waals surface area contributed by atoms with Gasteiger partial charge < -0.3 is 9.47 Å². The van der Waals surface area contributed by atoms with Crippen LogP contribution >= 0.6 is 0 Å². The summed E-state index contributed by atoms with van der Waals surface area (Å²) in [6.07, 6.45) is 0.227. The number of carbonyl (C=O) groups is 3. The van der Waals surface area contributed by atoms with Crippen LogP contribution in [0, 0.1) is 5.92 Å². The average molecular weight is 338 g/mol. The first kappa shape index (κ1) is 16.9. The number of benzene rings is 2. The molecule has 0 bridgehead atoms. The molecule has 2 aromatic rings. The number of esters is 1. The Morgan fingerprint density at radius 2 is 1.88 bits per heavy atom. The highest BCUT2D eigenvalue weighted by atomic mass is 16.5. The summed E-state index contributed by atoms with van der Waals surface area (Å²) in [5.74, 6) is -2.51. The molecule has 2 aromatic carbocycles. The molecule has 0 amide bonds. The van der Waals surface area contributed by atoms with E-state index < -0.39 is 17.7 Å². The predicted octanol–water partition coefficient (Wildman–Crippen LogP) is 2.75. The molecule has 0 saturated carbocycles. The van der Waals surface area contributed by atoms with Crippen LogP contribution in [-0.4, -0.2) is 24.1 Å². The van der Waals surface area contributed by atoms with Gasteiger partial charge in [0.15, 0.2) is 5.78 Å². The Kier molecular flexibility index (Phi) is 4.93. The van der Waals surface area contributed by atoms with Crippen molar-refractivity contribution >= 4 is 17.5 Å². The van der Waals surface area contributed by atoms with Crippen molar-refractivity contribution in [1.29, 1.82) is 0 Å². The van der Waals surface area contributed by atoms with Crippen molar-refractivity contribution in [1.82, 2.24) is 0 Å². The molecule has 5 heteroatoms. The van der Waals surface area contributed by atoms with Crippen molar-refractivity contribution in [3.63, 3.8) is 0 Å². The monoisotopic (exact) mass is 338 g/mol. The lowest BCUT2D eigenvalue weighted by molar-refractivity contribution is -0.154. The molecule has 0 radical (unpaired) electrons. The summed E-state index contributed by atoms with van der Waals surface area (Å²) in [5, 5.41) is 0. The molecule has 3 rings (SSSR count). The molecule has 1 atom stereocenters. The van der Waals surface area contributed by atoms with Gasteiger partial charge in [-0.05, 0) is 36.6 Å².